The summed E-state index contributed by atoms with van der Waals surface area (Å²) in [5, 5.41) is 4.86. The molecule has 0 saturated heterocycles. The third-order valence-electron chi connectivity index (χ3n) is 4.33. The van der Waals surface area contributed by atoms with Gasteiger partial charge in [-0.1, -0.05) is 29.5 Å². The van der Waals surface area contributed by atoms with E-state index in [0.29, 0.717) is 29.7 Å². The Morgan fingerprint density at radius 1 is 1.14 bits per heavy atom. The maximum absolute atomic E-state index is 13.0. The average molecular weight is 408 g/mol. The van der Waals surface area contributed by atoms with Gasteiger partial charge in [0.25, 0.3) is 5.91 Å². The second kappa shape index (κ2) is 8.74. The lowest BCUT2D eigenvalue weighted by atomic mass is 10.3. The summed E-state index contributed by atoms with van der Waals surface area (Å²) in [6.07, 6.45) is 3.59. The van der Waals surface area contributed by atoms with Crippen molar-refractivity contribution in [1.29, 1.82) is 0 Å². The second-order valence-corrected chi connectivity index (χ2v) is 7.26. The number of carbonyl (C=O) groups excluding carboxylic acids is 1. The number of hydrogen-bond acceptors (Lipinski definition) is 6. The van der Waals surface area contributed by atoms with Gasteiger partial charge in [0.1, 0.15) is 11.5 Å². The predicted molar refractivity (Wildman–Crippen MR) is 113 cm³/mol. The minimum atomic E-state index is -0.168. The molecule has 0 saturated carbocycles. The van der Waals surface area contributed by atoms with Crippen molar-refractivity contribution in [1.82, 2.24) is 14.8 Å². The lowest BCUT2D eigenvalue weighted by Crippen LogP contribution is -2.37. The molecule has 0 unspecified atom stereocenters. The summed E-state index contributed by atoms with van der Waals surface area (Å²) in [7, 11) is 1.59. The van der Waals surface area contributed by atoms with E-state index < -0.39 is 0 Å². The first-order chi connectivity index (χ1) is 14.2. The number of amides is 1. The van der Waals surface area contributed by atoms with Crippen LogP contribution in [0.15, 0.2) is 67.0 Å². The Morgan fingerprint density at radius 2 is 2.00 bits per heavy atom. The van der Waals surface area contributed by atoms with E-state index in [0.717, 1.165) is 10.2 Å². The van der Waals surface area contributed by atoms with Gasteiger partial charge in [-0.3, -0.25) is 14.4 Å². The Labute approximate surface area is 172 Å². The number of methoxy groups -OCH3 is 1. The van der Waals surface area contributed by atoms with Gasteiger partial charge in [-0.05, 0) is 30.3 Å². The Kier molecular flexibility index (Phi) is 5.71. The van der Waals surface area contributed by atoms with E-state index in [9.17, 15) is 4.79 Å². The van der Waals surface area contributed by atoms with E-state index in [2.05, 4.69) is 10.1 Å². The van der Waals surface area contributed by atoms with Crippen LogP contribution in [0.4, 0.5) is 5.13 Å². The molecule has 2 aromatic carbocycles. The van der Waals surface area contributed by atoms with E-state index in [-0.39, 0.29) is 12.5 Å². The van der Waals surface area contributed by atoms with Crippen molar-refractivity contribution in [2.24, 2.45) is 0 Å². The molecule has 0 spiro atoms. The van der Waals surface area contributed by atoms with Crippen LogP contribution in [0.1, 0.15) is 0 Å². The first kappa shape index (κ1) is 18.9. The number of nitrogens with zero attached hydrogens (tertiary/aromatic N) is 4. The zero-order chi connectivity index (χ0) is 20.1. The first-order valence-electron chi connectivity index (χ1n) is 9.13. The van der Waals surface area contributed by atoms with Crippen LogP contribution in [0.2, 0.25) is 0 Å². The number of thiazole rings is 1. The van der Waals surface area contributed by atoms with E-state index in [1.165, 1.54) is 11.3 Å². The van der Waals surface area contributed by atoms with Gasteiger partial charge in [0, 0.05) is 25.0 Å². The van der Waals surface area contributed by atoms with E-state index in [1.54, 1.807) is 35.0 Å². The molecule has 1 amide bonds. The van der Waals surface area contributed by atoms with Crippen molar-refractivity contribution in [3.05, 3.63) is 67.0 Å². The van der Waals surface area contributed by atoms with Crippen molar-refractivity contribution in [2.45, 2.75) is 6.54 Å². The van der Waals surface area contributed by atoms with Crippen LogP contribution in [0.5, 0.6) is 11.5 Å². The van der Waals surface area contributed by atoms with Crippen LogP contribution >= 0.6 is 11.3 Å². The lowest BCUT2D eigenvalue weighted by Gasteiger charge is -2.20. The fourth-order valence-electron chi connectivity index (χ4n) is 2.85. The fourth-order valence-corrected chi connectivity index (χ4v) is 3.86. The number of carbonyl (C=O) groups is 1. The quantitative estimate of drug-likeness (QED) is 0.445. The van der Waals surface area contributed by atoms with Gasteiger partial charge in [0.2, 0.25) is 0 Å². The van der Waals surface area contributed by atoms with Crippen molar-refractivity contribution >= 4 is 32.6 Å². The molecule has 0 aliphatic rings. The Bertz CT molecular complexity index is 1060. The molecule has 29 heavy (non-hydrogen) atoms. The van der Waals surface area contributed by atoms with Crippen LogP contribution < -0.4 is 14.4 Å². The number of para-hydroxylation sites is 1. The molecule has 0 aliphatic heterocycles. The average Bonchev–Trinajstić information content (AvgIpc) is 3.42. The van der Waals surface area contributed by atoms with Gasteiger partial charge in [-0.2, -0.15) is 5.10 Å². The largest absolute Gasteiger partial charge is 0.497 e. The summed E-state index contributed by atoms with van der Waals surface area (Å²) in [6.45, 7) is 0.915. The van der Waals surface area contributed by atoms with Crippen molar-refractivity contribution in [3.8, 4) is 11.5 Å². The second-order valence-electron chi connectivity index (χ2n) is 6.25. The lowest BCUT2D eigenvalue weighted by molar-refractivity contribution is -0.120. The molecular weight excluding hydrogens is 388 g/mol. The van der Waals surface area contributed by atoms with Gasteiger partial charge >= 0.3 is 0 Å². The third-order valence-corrected chi connectivity index (χ3v) is 5.39. The summed E-state index contributed by atoms with van der Waals surface area (Å²) in [5.41, 5.74) is 0.873. The third kappa shape index (κ3) is 4.55. The summed E-state index contributed by atoms with van der Waals surface area (Å²) in [6, 6.07) is 16.9. The van der Waals surface area contributed by atoms with E-state index in [1.807, 2.05) is 48.7 Å². The summed E-state index contributed by atoms with van der Waals surface area (Å²) in [5.74, 6) is 1.09. The highest BCUT2D eigenvalue weighted by atomic mass is 32.1. The number of aromatic nitrogens is 3. The van der Waals surface area contributed by atoms with E-state index >= 15 is 0 Å². The molecule has 2 aromatic heterocycles. The molecule has 4 rings (SSSR count). The number of anilines is 1. The standard InChI is InChI=1S/C21H20N4O3S/c1-27-16-6-4-7-17(14-16)28-15-20(26)25(13-12-24-11-5-10-22-24)21-23-18-8-2-3-9-19(18)29-21/h2-11,14H,12-13,15H2,1H3. The van der Waals surface area contributed by atoms with Crippen LogP contribution in [0.3, 0.4) is 0 Å². The normalized spacial score (nSPS) is 10.8. The Balaban J connectivity index is 1.52. The van der Waals surface area contributed by atoms with Crippen LogP contribution in [0.25, 0.3) is 10.2 Å². The Hall–Kier alpha value is -3.39. The van der Waals surface area contributed by atoms with Gasteiger partial charge in [-0.15, -0.1) is 0 Å². The highest BCUT2D eigenvalue weighted by Crippen LogP contribution is 2.29. The van der Waals surface area contributed by atoms with Gasteiger partial charge in [0.15, 0.2) is 11.7 Å². The van der Waals surface area contributed by atoms with Crippen LogP contribution in [-0.4, -0.2) is 40.9 Å². The van der Waals surface area contributed by atoms with Crippen LogP contribution in [0, 0.1) is 0 Å². The molecule has 0 fully saturated rings. The van der Waals surface area contributed by atoms with Crippen LogP contribution in [-0.2, 0) is 11.3 Å². The first-order valence-corrected chi connectivity index (χ1v) is 9.95. The number of rotatable bonds is 8. The number of fused-ring (bicyclic) bond motifs is 1. The summed E-state index contributed by atoms with van der Waals surface area (Å²) >= 11 is 1.49. The SMILES string of the molecule is COc1cccc(OCC(=O)N(CCn2cccn2)c2nc3ccccc3s2)c1. The molecule has 0 bridgehead atoms. The highest BCUT2D eigenvalue weighted by molar-refractivity contribution is 7.22. The number of ether oxygens (including phenoxy) is 2. The molecular formula is C21H20N4O3S. The monoisotopic (exact) mass is 408 g/mol. The molecule has 4 aromatic rings. The molecule has 7 nitrogen and oxygen atoms in total. The maximum atomic E-state index is 13.0. The van der Waals surface area contributed by atoms with E-state index in [4.69, 9.17) is 9.47 Å². The van der Waals surface area contributed by atoms with Crippen molar-refractivity contribution < 1.29 is 14.3 Å². The molecule has 0 radical (unpaired) electrons. The zero-order valence-corrected chi connectivity index (χ0v) is 16.7. The predicted octanol–water partition coefficient (Wildman–Crippen LogP) is 3.61. The molecule has 0 aliphatic carbocycles. The molecule has 148 valence electrons. The molecule has 0 atom stereocenters. The van der Waals surface area contributed by atoms with Gasteiger partial charge in [0.05, 0.1) is 23.9 Å². The fraction of sp³-hybridized carbons (Fsp3) is 0.190. The van der Waals surface area contributed by atoms with Gasteiger partial charge < -0.3 is 9.47 Å². The number of hydrogen-bond donors (Lipinski definition) is 0. The zero-order valence-electron chi connectivity index (χ0n) is 15.9. The molecule has 2 heterocycles. The van der Waals surface area contributed by atoms with Gasteiger partial charge in [-0.25, -0.2) is 4.98 Å². The van der Waals surface area contributed by atoms with Crippen molar-refractivity contribution in [2.75, 3.05) is 25.2 Å². The smallest absolute Gasteiger partial charge is 0.266 e. The topological polar surface area (TPSA) is 69.5 Å². The van der Waals surface area contributed by atoms with Crippen molar-refractivity contribution in [3.63, 3.8) is 0 Å². The molecule has 8 heteroatoms. The molecule has 0 N–H and O–H groups in total. The number of benzene rings is 2. The summed E-state index contributed by atoms with van der Waals surface area (Å²) in [4.78, 5) is 19.3. The minimum absolute atomic E-state index is 0.0950. The minimum Gasteiger partial charge on any atom is -0.497 e. The Morgan fingerprint density at radius 3 is 2.79 bits per heavy atom. The highest BCUT2D eigenvalue weighted by Gasteiger charge is 2.20. The maximum Gasteiger partial charge on any atom is 0.266 e. The summed E-state index contributed by atoms with van der Waals surface area (Å²) < 4.78 is 13.7.